The van der Waals surface area contributed by atoms with E-state index in [-0.39, 0.29) is 34.1 Å². The van der Waals surface area contributed by atoms with Crippen molar-refractivity contribution in [2.24, 2.45) is 0 Å². The summed E-state index contributed by atoms with van der Waals surface area (Å²) in [6.45, 7) is 0. The third-order valence-electron chi connectivity index (χ3n) is 3.06. The number of aromatic hydroxyl groups is 1. The molecule has 88 valence electrons. The number of rotatable bonds is 0. The summed E-state index contributed by atoms with van der Waals surface area (Å²) in [4.78, 5) is 24.5. The van der Waals surface area contributed by atoms with E-state index in [1.54, 1.807) is 18.2 Å². The van der Waals surface area contributed by atoms with Crippen LogP contribution in [0.4, 0.5) is 5.69 Å². The predicted octanol–water partition coefficient (Wildman–Crippen LogP) is 1.75. The molecule has 0 radical (unpaired) electrons. The van der Waals surface area contributed by atoms with Crippen LogP contribution in [-0.4, -0.2) is 16.7 Å². The summed E-state index contributed by atoms with van der Waals surface area (Å²) >= 11 is 0. The molecular weight excluding hydrogens is 230 g/mol. The van der Waals surface area contributed by atoms with Crippen LogP contribution in [-0.2, 0) is 0 Å². The number of phenolic OH excluding ortho intramolecular Hbond substituents is 1. The van der Waals surface area contributed by atoms with Crippen molar-refractivity contribution in [3.63, 3.8) is 0 Å². The predicted molar refractivity (Wildman–Crippen MR) is 65.8 cm³/mol. The number of nitrogens with two attached hydrogens (primary N) is 1. The van der Waals surface area contributed by atoms with Crippen molar-refractivity contribution in [2.45, 2.75) is 0 Å². The van der Waals surface area contributed by atoms with Crippen LogP contribution in [0.3, 0.4) is 0 Å². The van der Waals surface area contributed by atoms with E-state index in [0.717, 1.165) is 0 Å². The third kappa shape index (κ3) is 1.26. The first-order valence-corrected chi connectivity index (χ1v) is 5.40. The molecule has 0 atom stereocenters. The number of hydrogen-bond acceptors (Lipinski definition) is 4. The average Bonchev–Trinajstić information content (AvgIpc) is 2.35. The zero-order chi connectivity index (χ0) is 12.9. The fourth-order valence-corrected chi connectivity index (χ4v) is 2.21. The van der Waals surface area contributed by atoms with Gasteiger partial charge >= 0.3 is 0 Å². The molecule has 0 bridgehead atoms. The summed E-state index contributed by atoms with van der Waals surface area (Å²) in [5.74, 6) is -0.617. The van der Waals surface area contributed by atoms with E-state index >= 15 is 0 Å². The lowest BCUT2D eigenvalue weighted by Crippen LogP contribution is -2.22. The Morgan fingerprint density at radius 3 is 2.44 bits per heavy atom. The molecule has 2 aromatic rings. The molecule has 2 aromatic carbocycles. The van der Waals surface area contributed by atoms with Crippen molar-refractivity contribution in [2.75, 3.05) is 5.73 Å². The Morgan fingerprint density at radius 1 is 0.889 bits per heavy atom. The lowest BCUT2D eigenvalue weighted by Gasteiger charge is -2.18. The van der Waals surface area contributed by atoms with Crippen LogP contribution >= 0.6 is 0 Å². The molecule has 0 saturated heterocycles. The van der Waals surface area contributed by atoms with Gasteiger partial charge in [0.15, 0.2) is 11.6 Å². The van der Waals surface area contributed by atoms with Gasteiger partial charge in [-0.2, -0.15) is 0 Å². The molecule has 18 heavy (non-hydrogen) atoms. The number of ketones is 2. The first-order chi connectivity index (χ1) is 8.59. The second-order valence-corrected chi connectivity index (χ2v) is 4.16. The van der Waals surface area contributed by atoms with Gasteiger partial charge in [-0.1, -0.05) is 12.1 Å². The molecule has 0 aliphatic heterocycles. The first kappa shape index (κ1) is 10.5. The maximum Gasteiger partial charge on any atom is 0.196 e. The van der Waals surface area contributed by atoms with Crippen LogP contribution in [0.1, 0.15) is 31.8 Å². The van der Waals surface area contributed by atoms with Gasteiger partial charge in [-0.3, -0.25) is 9.59 Å². The van der Waals surface area contributed by atoms with Gasteiger partial charge in [0.25, 0.3) is 0 Å². The van der Waals surface area contributed by atoms with E-state index in [1.807, 2.05) is 0 Å². The largest absolute Gasteiger partial charge is 0.508 e. The number of fused-ring (bicyclic) bond motifs is 2. The molecule has 4 heteroatoms. The third-order valence-corrected chi connectivity index (χ3v) is 3.06. The molecule has 3 rings (SSSR count). The van der Waals surface area contributed by atoms with E-state index in [1.165, 1.54) is 18.2 Å². The number of phenols is 1. The smallest absolute Gasteiger partial charge is 0.196 e. The molecule has 1 aliphatic rings. The standard InChI is InChI=1S/C14H9NO3/c15-11-3-1-2-9-12(11)14(18)10-6-7(16)4-5-8(10)13(9)17/h1-6,16H,15H2. The minimum absolute atomic E-state index is 0.0483. The summed E-state index contributed by atoms with van der Waals surface area (Å²) in [5, 5.41) is 9.41. The summed E-state index contributed by atoms with van der Waals surface area (Å²) in [6, 6.07) is 8.95. The molecule has 1 aliphatic carbocycles. The quantitative estimate of drug-likeness (QED) is 0.585. The van der Waals surface area contributed by atoms with Gasteiger partial charge in [-0.15, -0.1) is 0 Å². The molecule has 4 nitrogen and oxygen atoms in total. The van der Waals surface area contributed by atoms with Crippen molar-refractivity contribution >= 4 is 17.3 Å². The fraction of sp³-hybridized carbons (Fsp3) is 0. The molecule has 0 fully saturated rings. The minimum Gasteiger partial charge on any atom is -0.508 e. The molecule has 0 amide bonds. The Labute approximate surface area is 103 Å². The van der Waals surface area contributed by atoms with Crippen LogP contribution in [0.25, 0.3) is 0 Å². The van der Waals surface area contributed by atoms with Crippen LogP contribution in [0.2, 0.25) is 0 Å². The molecular formula is C14H9NO3. The van der Waals surface area contributed by atoms with E-state index in [9.17, 15) is 14.7 Å². The van der Waals surface area contributed by atoms with Crippen molar-refractivity contribution in [3.05, 3.63) is 58.7 Å². The Hall–Kier alpha value is -2.62. The monoisotopic (exact) mass is 239 g/mol. The van der Waals surface area contributed by atoms with Crippen molar-refractivity contribution in [1.29, 1.82) is 0 Å². The highest BCUT2D eigenvalue weighted by Crippen LogP contribution is 2.32. The minimum atomic E-state index is -0.325. The van der Waals surface area contributed by atoms with Crippen molar-refractivity contribution < 1.29 is 14.7 Å². The normalized spacial score (nSPS) is 13.1. The highest BCUT2D eigenvalue weighted by atomic mass is 16.3. The highest BCUT2D eigenvalue weighted by molar-refractivity contribution is 6.30. The van der Waals surface area contributed by atoms with Crippen molar-refractivity contribution in [1.82, 2.24) is 0 Å². The number of carbonyl (C=O) groups is 2. The van der Waals surface area contributed by atoms with E-state index < -0.39 is 0 Å². The van der Waals surface area contributed by atoms with E-state index in [4.69, 9.17) is 5.73 Å². The molecule has 0 aromatic heterocycles. The zero-order valence-electron chi connectivity index (χ0n) is 9.31. The zero-order valence-corrected chi connectivity index (χ0v) is 9.31. The molecule has 0 saturated carbocycles. The van der Waals surface area contributed by atoms with Crippen LogP contribution in [0.5, 0.6) is 5.75 Å². The first-order valence-electron chi connectivity index (χ1n) is 5.40. The molecule has 0 spiro atoms. The number of nitrogen functional groups attached to an aromatic ring is 1. The average molecular weight is 239 g/mol. The van der Waals surface area contributed by atoms with Gasteiger partial charge in [0.05, 0.1) is 5.56 Å². The molecule has 0 heterocycles. The number of anilines is 1. The number of benzene rings is 2. The van der Waals surface area contributed by atoms with Gasteiger partial charge in [0, 0.05) is 22.4 Å². The lowest BCUT2D eigenvalue weighted by atomic mass is 9.83. The van der Waals surface area contributed by atoms with Gasteiger partial charge in [-0.25, -0.2) is 0 Å². The number of hydrogen-bond donors (Lipinski definition) is 2. The van der Waals surface area contributed by atoms with Crippen LogP contribution in [0, 0.1) is 0 Å². The second kappa shape index (κ2) is 3.43. The number of carbonyl (C=O) groups excluding carboxylic acids is 2. The van der Waals surface area contributed by atoms with Gasteiger partial charge in [0.2, 0.25) is 0 Å². The fourth-order valence-electron chi connectivity index (χ4n) is 2.21. The summed E-state index contributed by atoms with van der Waals surface area (Å²) in [5.41, 5.74) is 7.07. The molecule has 3 N–H and O–H groups in total. The van der Waals surface area contributed by atoms with Gasteiger partial charge in [-0.05, 0) is 24.3 Å². The Balaban J connectivity index is 2.36. The van der Waals surface area contributed by atoms with E-state index in [0.29, 0.717) is 11.1 Å². The summed E-state index contributed by atoms with van der Waals surface area (Å²) in [6.07, 6.45) is 0. The maximum absolute atomic E-state index is 12.3. The van der Waals surface area contributed by atoms with Crippen LogP contribution < -0.4 is 5.73 Å². The Kier molecular flexibility index (Phi) is 2.01. The van der Waals surface area contributed by atoms with Gasteiger partial charge < -0.3 is 10.8 Å². The SMILES string of the molecule is Nc1cccc2c1C(=O)c1cc(O)ccc1C2=O. The van der Waals surface area contributed by atoms with Gasteiger partial charge in [0.1, 0.15) is 5.75 Å². The lowest BCUT2D eigenvalue weighted by molar-refractivity contribution is 0.0979. The topological polar surface area (TPSA) is 80.4 Å². The summed E-state index contributed by atoms with van der Waals surface area (Å²) in [7, 11) is 0. The van der Waals surface area contributed by atoms with E-state index in [2.05, 4.69) is 0 Å². The van der Waals surface area contributed by atoms with Crippen LogP contribution in [0.15, 0.2) is 36.4 Å². The highest BCUT2D eigenvalue weighted by Gasteiger charge is 2.31. The Morgan fingerprint density at radius 2 is 1.67 bits per heavy atom. The Bertz CT molecular complexity index is 704. The summed E-state index contributed by atoms with van der Waals surface area (Å²) < 4.78 is 0. The second-order valence-electron chi connectivity index (χ2n) is 4.16. The maximum atomic E-state index is 12.3. The molecule has 0 unspecified atom stereocenters. The van der Waals surface area contributed by atoms with Crippen molar-refractivity contribution in [3.8, 4) is 5.75 Å².